The van der Waals surface area contributed by atoms with Gasteiger partial charge in [0.25, 0.3) is 0 Å². The number of aliphatic hydroxyl groups excluding tert-OH is 1. The Hall–Kier alpha value is -1.95. The molecule has 0 saturated carbocycles. The molecule has 0 unspecified atom stereocenters. The highest BCUT2D eigenvalue weighted by Crippen LogP contribution is 2.19. The molecule has 0 spiro atoms. The summed E-state index contributed by atoms with van der Waals surface area (Å²) in [5.74, 6) is 1.06. The van der Waals surface area contributed by atoms with Gasteiger partial charge in [0, 0.05) is 6.07 Å². The van der Waals surface area contributed by atoms with Crippen LogP contribution in [0.2, 0.25) is 0 Å². The molecule has 0 aromatic heterocycles. The Kier molecular flexibility index (Phi) is 6.42. The van der Waals surface area contributed by atoms with E-state index in [1.165, 1.54) is 0 Å². The van der Waals surface area contributed by atoms with Gasteiger partial charge in [-0.3, -0.25) is 0 Å². The van der Waals surface area contributed by atoms with Crippen molar-refractivity contribution in [3.05, 3.63) is 24.3 Å². The fraction of sp³-hybridized carbons (Fsp3) is 0.417. The van der Waals surface area contributed by atoms with E-state index in [9.17, 15) is 4.79 Å². The molecule has 0 radical (unpaired) electrons. The number of carbonyl (C=O) groups is 1. The molecule has 0 amide bonds. The molecule has 1 aromatic rings. The number of carbonyl (C=O) groups excluding carboxylic acids is 1. The van der Waals surface area contributed by atoms with Crippen molar-refractivity contribution in [3.8, 4) is 11.5 Å². The summed E-state index contributed by atoms with van der Waals surface area (Å²) in [6, 6.07) is 6.78. The van der Waals surface area contributed by atoms with Crippen LogP contribution in [0.4, 0.5) is 4.79 Å². The van der Waals surface area contributed by atoms with Crippen LogP contribution in [-0.4, -0.2) is 37.9 Å². The van der Waals surface area contributed by atoms with Gasteiger partial charge in [0.05, 0.1) is 13.2 Å². The summed E-state index contributed by atoms with van der Waals surface area (Å²) >= 11 is 0. The first kappa shape index (κ1) is 14.1. The zero-order chi connectivity index (χ0) is 13.2. The first-order chi connectivity index (χ1) is 8.76. The van der Waals surface area contributed by atoms with Crippen molar-refractivity contribution in [2.45, 2.75) is 6.92 Å². The predicted octanol–water partition coefficient (Wildman–Crippen LogP) is 1.57. The zero-order valence-corrected chi connectivity index (χ0v) is 10.1. The topological polar surface area (TPSA) is 74.2 Å². The van der Waals surface area contributed by atoms with Crippen LogP contribution in [0.15, 0.2) is 24.3 Å². The van der Waals surface area contributed by atoms with E-state index >= 15 is 0 Å². The Morgan fingerprint density at radius 1 is 1.22 bits per heavy atom. The van der Waals surface area contributed by atoms with Crippen molar-refractivity contribution in [2.24, 2.45) is 0 Å². The minimum absolute atomic E-state index is 0.0585. The van der Waals surface area contributed by atoms with Crippen LogP contribution < -0.4 is 9.47 Å². The monoisotopic (exact) mass is 256 g/mol. The number of benzene rings is 1. The molecule has 0 aliphatic rings. The van der Waals surface area contributed by atoms with Gasteiger partial charge >= 0.3 is 6.16 Å². The largest absolute Gasteiger partial charge is 0.511 e. The smallest absolute Gasteiger partial charge is 0.491 e. The molecule has 0 bridgehead atoms. The van der Waals surface area contributed by atoms with Gasteiger partial charge in [0.2, 0.25) is 6.79 Å². The lowest BCUT2D eigenvalue weighted by molar-refractivity contribution is 0.00681. The van der Waals surface area contributed by atoms with E-state index in [2.05, 4.69) is 9.47 Å². The first-order valence-electron chi connectivity index (χ1n) is 5.52. The Morgan fingerprint density at radius 2 is 1.94 bits per heavy atom. The van der Waals surface area contributed by atoms with Crippen LogP contribution in [0, 0.1) is 0 Å². The molecule has 6 heteroatoms. The minimum atomic E-state index is -0.773. The second-order valence-electron chi connectivity index (χ2n) is 3.14. The number of aliphatic hydroxyl groups is 1. The van der Waals surface area contributed by atoms with Crippen LogP contribution in [-0.2, 0) is 9.47 Å². The molecule has 1 aromatic carbocycles. The normalized spacial score (nSPS) is 9.67. The number of ether oxygens (including phenoxy) is 4. The molecule has 1 N–H and O–H groups in total. The molecule has 0 aliphatic heterocycles. The number of rotatable bonds is 7. The molecule has 100 valence electrons. The fourth-order valence-corrected chi connectivity index (χ4v) is 1.12. The summed E-state index contributed by atoms with van der Waals surface area (Å²) in [6.07, 6.45) is -0.773. The van der Waals surface area contributed by atoms with Gasteiger partial charge in [-0.05, 0) is 19.1 Å². The van der Waals surface area contributed by atoms with Crippen LogP contribution in [0.25, 0.3) is 0 Å². The van der Waals surface area contributed by atoms with Gasteiger partial charge < -0.3 is 24.1 Å². The van der Waals surface area contributed by atoms with Crippen molar-refractivity contribution in [1.82, 2.24) is 0 Å². The van der Waals surface area contributed by atoms with Crippen molar-refractivity contribution >= 4 is 6.16 Å². The summed E-state index contributed by atoms with van der Waals surface area (Å²) in [4.78, 5) is 10.9. The molecule has 18 heavy (non-hydrogen) atoms. The number of hydrogen-bond acceptors (Lipinski definition) is 6. The molecule has 0 fully saturated rings. The van der Waals surface area contributed by atoms with E-state index in [0.717, 1.165) is 0 Å². The maximum Gasteiger partial charge on any atom is 0.511 e. The highest BCUT2D eigenvalue weighted by atomic mass is 16.8. The standard InChI is InChI=1S/C12H16O6/c1-2-15-12(14)18-9-17-11-5-3-4-10(8-11)16-7-6-13/h3-5,8,13H,2,6-7,9H2,1H3. The lowest BCUT2D eigenvalue weighted by Gasteiger charge is -2.09. The lowest BCUT2D eigenvalue weighted by Crippen LogP contribution is -2.11. The SMILES string of the molecule is CCOC(=O)OCOc1cccc(OCCO)c1. The van der Waals surface area contributed by atoms with E-state index in [-0.39, 0.29) is 26.6 Å². The van der Waals surface area contributed by atoms with Crippen LogP contribution in [0.5, 0.6) is 11.5 Å². The molecule has 0 atom stereocenters. The molecular formula is C12H16O6. The van der Waals surface area contributed by atoms with Crippen molar-refractivity contribution in [2.75, 3.05) is 26.6 Å². The Bertz CT molecular complexity index is 365. The molecule has 1 rings (SSSR count). The molecule has 0 saturated heterocycles. The summed E-state index contributed by atoms with van der Waals surface area (Å²) in [5, 5.41) is 8.62. The van der Waals surface area contributed by atoms with Gasteiger partial charge in [-0.15, -0.1) is 0 Å². The minimum Gasteiger partial charge on any atom is -0.491 e. The van der Waals surface area contributed by atoms with Gasteiger partial charge in [-0.25, -0.2) is 4.79 Å². The van der Waals surface area contributed by atoms with E-state index in [1.807, 2.05) is 0 Å². The quantitative estimate of drug-likeness (QED) is 0.589. The third kappa shape index (κ3) is 5.40. The van der Waals surface area contributed by atoms with Gasteiger partial charge in [-0.2, -0.15) is 0 Å². The summed E-state index contributed by atoms with van der Waals surface area (Å²) in [7, 11) is 0. The third-order valence-electron chi connectivity index (χ3n) is 1.83. The molecule has 0 aliphatic carbocycles. The van der Waals surface area contributed by atoms with E-state index in [1.54, 1.807) is 31.2 Å². The van der Waals surface area contributed by atoms with Gasteiger partial charge in [0.15, 0.2) is 0 Å². The van der Waals surface area contributed by atoms with Gasteiger partial charge in [-0.1, -0.05) is 6.07 Å². The third-order valence-corrected chi connectivity index (χ3v) is 1.83. The highest BCUT2D eigenvalue weighted by Gasteiger charge is 2.02. The van der Waals surface area contributed by atoms with E-state index in [4.69, 9.17) is 14.6 Å². The van der Waals surface area contributed by atoms with Crippen LogP contribution in [0.3, 0.4) is 0 Å². The van der Waals surface area contributed by atoms with Crippen molar-refractivity contribution < 1.29 is 28.8 Å². The molecule has 0 heterocycles. The Balaban J connectivity index is 2.35. The summed E-state index contributed by atoms with van der Waals surface area (Å²) in [5.41, 5.74) is 0. The average molecular weight is 256 g/mol. The maximum atomic E-state index is 10.9. The number of hydrogen-bond donors (Lipinski definition) is 1. The van der Waals surface area contributed by atoms with Gasteiger partial charge in [0.1, 0.15) is 18.1 Å². The average Bonchev–Trinajstić information content (AvgIpc) is 2.37. The Morgan fingerprint density at radius 3 is 2.61 bits per heavy atom. The fourth-order valence-electron chi connectivity index (χ4n) is 1.12. The summed E-state index contributed by atoms with van der Waals surface area (Å²) < 4.78 is 19.6. The predicted molar refractivity (Wildman–Crippen MR) is 62.6 cm³/mol. The Labute approximate surface area is 105 Å². The summed E-state index contributed by atoms with van der Waals surface area (Å²) in [6.45, 7) is 1.86. The van der Waals surface area contributed by atoms with Crippen LogP contribution in [0.1, 0.15) is 6.92 Å². The van der Waals surface area contributed by atoms with E-state index in [0.29, 0.717) is 11.5 Å². The second kappa shape index (κ2) is 8.19. The van der Waals surface area contributed by atoms with Crippen LogP contribution >= 0.6 is 0 Å². The maximum absolute atomic E-state index is 10.9. The molecule has 6 nitrogen and oxygen atoms in total. The second-order valence-corrected chi connectivity index (χ2v) is 3.14. The zero-order valence-electron chi connectivity index (χ0n) is 10.1. The lowest BCUT2D eigenvalue weighted by atomic mass is 10.3. The molecular weight excluding hydrogens is 240 g/mol. The van der Waals surface area contributed by atoms with Crippen molar-refractivity contribution in [3.63, 3.8) is 0 Å². The highest BCUT2D eigenvalue weighted by molar-refractivity contribution is 5.59. The van der Waals surface area contributed by atoms with E-state index < -0.39 is 6.16 Å². The van der Waals surface area contributed by atoms with Crippen molar-refractivity contribution in [1.29, 1.82) is 0 Å². The first-order valence-corrected chi connectivity index (χ1v) is 5.52.